The van der Waals surface area contributed by atoms with E-state index in [-0.39, 0.29) is 6.17 Å². The number of hydrogen-bond donors (Lipinski definition) is 1. The van der Waals surface area contributed by atoms with Crippen LogP contribution in [0.2, 0.25) is 0 Å². The molecule has 1 atom stereocenters. The number of rotatable bonds is 8. The average Bonchev–Trinajstić information content (AvgIpc) is 3.72. The number of amidine groups is 2. The molecule has 2 aromatic heterocycles. The van der Waals surface area contributed by atoms with E-state index in [0.29, 0.717) is 23.3 Å². The molecule has 300 valence electrons. The Bertz CT molecular complexity index is 3370. The zero-order valence-corrected chi connectivity index (χ0v) is 34.7. The van der Waals surface area contributed by atoms with Gasteiger partial charge in [-0.05, 0) is 77.1 Å². The summed E-state index contributed by atoms with van der Waals surface area (Å²) in [5, 5.41) is 5.70. The van der Waals surface area contributed by atoms with Crippen molar-refractivity contribution in [2.24, 2.45) is 9.98 Å². The Hall–Kier alpha value is -8.29. The second-order valence-electron chi connectivity index (χ2n) is 15.8. The van der Waals surface area contributed by atoms with Gasteiger partial charge in [0, 0.05) is 38.6 Å². The van der Waals surface area contributed by atoms with Crippen molar-refractivity contribution in [3.63, 3.8) is 0 Å². The van der Waals surface area contributed by atoms with Crippen LogP contribution in [0.25, 0.3) is 78.4 Å². The lowest BCUT2D eigenvalue weighted by Crippen LogP contribution is -2.33. The van der Waals surface area contributed by atoms with Crippen molar-refractivity contribution in [3.8, 4) is 56.4 Å². The maximum atomic E-state index is 6.36. The van der Waals surface area contributed by atoms with E-state index in [1.807, 2.05) is 60.7 Å². The molecule has 10 aromatic rings. The van der Waals surface area contributed by atoms with Gasteiger partial charge in [0.15, 0.2) is 23.3 Å². The molecule has 8 aromatic carbocycles. The Morgan fingerprint density at radius 2 is 0.889 bits per heavy atom. The van der Waals surface area contributed by atoms with Crippen molar-refractivity contribution in [3.05, 3.63) is 222 Å². The minimum Gasteiger partial charge on any atom is -0.456 e. The summed E-state index contributed by atoms with van der Waals surface area (Å²) in [4.78, 5) is 25.0. The van der Waals surface area contributed by atoms with Gasteiger partial charge in [-0.15, -0.1) is 0 Å². The first kappa shape index (κ1) is 37.7. The van der Waals surface area contributed by atoms with E-state index in [1.165, 1.54) is 5.56 Å². The molecular weight excluding hydrogens is 773 g/mol. The third-order valence-electron chi connectivity index (χ3n) is 11.7. The topological polar surface area (TPSA) is 88.6 Å². The van der Waals surface area contributed by atoms with Gasteiger partial charge in [-0.2, -0.15) is 0 Å². The minimum atomic E-state index is -0.255. The standard InChI is InChI=1S/C56H40N6O/c1-35-13-9-11-19-45(35)55-59-51(39-15-5-3-6-16-39)57-53(61-55)41-25-21-37(22-26-41)43-29-31-49-47(33-43)48-34-44(30-32-50(48)63-49)38-23-27-42(28-24-38)54-58-52(40-17-7-4-8-18-40)60-56(62-54)46-20-12-10-14-36(46)2/h3-34,55H,1-2H3,(H,57,59,61). The van der Waals surface area contributed by atoms with Crippen LogP contribution in [0.1, 0.15) is 34.0 Å². The third-order valence-corrected chi connectivity index (χ3v) is 11.7. The summed E-state index contributed by atoms with van der Waals surface area (Å²) in [7, 11) is 0. The summed E-state index contributed by atoms with van der Waals surface area (Å²) < 4.78 is 6.36. The molecule has 0 saturated heterocycles. The number of nitrogens with zero attached hydrogens (tertiary/aromatic N) is 5. The highest BCUT2D eigenvalue weighted by atomic mass is 16.3. The van der Waals surface area contributed by atoms with Gasteiger partial charge in [0.2, 0.25) is 0 Å². The maximum Gasteiger partial charge on any atom is 0.164 e. The highest BCUT2D eigenvalue weighted by Crippen LogP contribution is 2.36. The molecule has 0 saturated carbocycles. The SMILES string of the molecule is Cc1ccccc1-c1nc(-c2ccccc2)nc(-c2ccc(-c3ccc4oc5ccc(-c6ccc(C7=NC(c8ccccc8C)NC(c8ccccc8)=N7)cc6)cc5c4c3)cc2)n1. The molecule has 1 unspecified atom stereocenters. The number of hydrogen-bond acceptors (Lipinski definition) is 7. The molecule has 0 aliphatic carbocycles. The molecule has 1 aliphatic heterocycles. The fourth-order valence-corrected chi connectivity index (χ4v) is 8.30. The van der Waals surface area contributed by atoms with Crippen LogP contribution in [0.3, 0.4) is 0 Å². The zero-order chi connectivity index (χ0) is 42.3. The molecule has 0 spiro atoms. The van der Waals surface area contributed by atoms with Crippen LogP contribution in [-0.2, 0) is 0 Å². The van der Waals surface area contributed by atoms with Gasteiger partial charge in [-0.25, -0.2) is 24.9 Å². The van der Waals surface area contributed by atoms with E-state index >= 15 is 0 Å². The summed E-state index contributed by atoms with van der Waals surface area (Å²) in [5.74, 6) is 3.43. The predicted octanol–water partition coefficient (Wildman–Crippen LogP) is 13.2. The number of nitrogens with one attached hydrogen (secondary N) is 1. The van der Waals surface area contributed by atoms with Crippen LogP contribution in [0.15, 0.2) is 209 Å². The van der Waals surface area contributed by atoms with E-state index in [1.54, 1.807) is 0 Å². The molecule has 7 nitrogen and oxygen atoms in total. The smallest absolute Gasteiger partial charge is 0.164 e. The van der Waals surface area contributed by atoms with Gasteiger partial charge in [0.1, 0.15) is 23.2 Å². The summed E-state index contributed by atoms with van der Waals surface area (Å²) in [6.07, 6.45) is -0.255. The first-order valence-corrected chi connectivity index (χ1v) is 21.1. The Morgan fingerprint density at radius 1 is 0.413 bits per heavy atom. The maximum absolute atomic E-state index is 6.36. The highest BCUT2D eigenvalue weighted by molar-refractivity contribution is 6.13. The van der Waals surface area contributed by atoms with Crippen LogP contribution < -0.4 is 5.32 Å². The summed E-state index contributed by atoms with van der Waals surface area (Å²) in [6, 6.07) is 66.6. The molecule has 0 radical (unpaired) electrons. The number of aromatic nitrogens is 3. The van der Waals surface area contributed by atoms with E-state index in [0.717, 1.165) is 89.0 Å². The molecule has 0 amide bonds. The number of aryl methyl sites for hydroxylation is 2. The zero-order valence-electron chi connectivity index (χ0n) is 34.7. The van der Waals surface area contributed by atoms with Crippen LogP contribution in [0.5, 0.6) is 0 Å². The Labute approximate surface area is 365 Å². The fourth-order valence-electron chi connectivity index (χ4n) is 8.30. The lowest BCUT2D eigenvalue weighted by atomic mass is 9.99. The summed E-state index contributed by atoms with van der Waals surface area (Å²) >= 11 is 0. The van der Waals surface area contributed by atoms with E-state index in [2.05, 4.69) is 153 Å². The first-order chi connectivity index (χ1) is 31.0. The van der Waals surface area contributed by atoms with Gasteiger partial charge in [0.05, 0.1) is 0 Å². The first-order valence-electron chi connectivity index (χ1n) is 21.1. The largest absolute Gasteiger partial charge is 0.456 e. The molecule has 1 N–H and O–H groups in total. The van der Waals surface area contributed by atoms with Gasteiger partial charge in [-0.1, -0.05) is 170 Å². The van der Waals surface area contributed by atoms with Crippen molar-refractivity contribution >= 4 is 33.6 Å². The highest BCUT2D eigenvalue weighted by Gasteiger charge is 2.22. The average molecular weight is 813 g/mol. The van der Waals surface area contributed by atoms with Crippen molar-refractivity contribution in [2.75, 3.05) is 0 Å². The van der Waals surface area contributed by atoms with Crippen molar-refractivity contribution in [1.82, 2.24) is 20.3 Å². The molecule has 3 heterocycles. The van der Waals surface area contributed by atoms with E-state index in [9.17, 15) is 0 Å². The Kier molecular flexibility index (Phi) is 9.55. The Morgan fingerprint density at radius 3 is 1.49 bits per heavy atom. The summed E-state index contributed by atoms with van der Waals surface area (Å²) in [6.45, 7) is 4.20. The van der Waals surface area contributed by atoms with Crippen LogP contribution >= 0.6 is 0 Å². The Balaban J connectivity index is 0.899. The lowest BCUT2D eigenvalue weighted by Gasteiger charge is -2.24. The fraction of sp³-hybridized carbons (Fsp3) is 0.0536. The van der Waals surface area contributed by atoms with Gasteiger partial charge < -0.3 is 9.73 Å². The third kappa shape index (κ3) is 7.36. The number of furan rings is 1. The number of aliphatic imine (C=N–C) groups is 2. The lowest BCUT2D eigenvalue weighted by molar-refractivity contribution is 0.669. The van der Waals surface area contributed by atoms with Crippen LogP contribution in [-0.4, -0.2) is 26.6 Å². The monoisotopic (exact) mass is 812 g/mol. The van der Waals surface area contributed by atoms with E-state index in [4.69, 9.17) is 29.4 Å². The molecule has 1 aliphatic rings. The van der Waals surface area contributed by atoms with Crippen molar-refractivity contribution < 1.29 is 4.42 Å². The quantitative estimate of drug-likeness (QED) is 0.165. The normalized spacial score (nSPS) is 13.7. The number of benzene rings is 8. The molecule has 63 heavy (non-hydrogen) atoms. The summed E-state index contributed by atoms with van der Waals surface area (Å²) in [5.41, 5.74) is 14.3. The molecular formula is C56H40N6O. The van der Waals surface area contributed by atoms with Crippen molar-refractivity contribution in [1.29, 1.82) is 0 Å². The predicted molar refractivity (Wildman–Crippen MR) is 256 cm³/mol. The molecule has 0 fully saturated rings. The van der Waals surface area contributed by atoms with Gasteiger partial charge in [-0.3, -0.25) is 0 Å². The molecule has 7 heteroatoms. The van der Waals surface area contributed by atoms with Gasteiger partial charge >= 0.3 is 0 Å². The van der Waals surface area contributed by atoms with Crippen molar-refractivity contribution in [2.45, 2.75) is 20.0 Å². The number of fused-ring (bicyclic) bond motifs is 3. The van der Waals surface area contributed by atoms with Crippen LogP contribution in [0, 0.1) is 13.8 Å². The minimum absolute atomic E-state index is 0.255. The molecule has 0 bridgehead atoms. The second kappa shape index (κ2) is 16.0. The van der Waals surface area contributed by atoms with Crippen LogP contribution in [0.4, 0.5) is 0 Å². The van der Waals surface area contributed by atoms with E-state index < -0.39 is 0 Å². The second-order valence-corrected chi connectivity index (χ2v) is 15.8. The molecule has 11 rings (SSSR count). The van der Waals surface area contributed by atoms with Gasteiger partial charge in [0.25, 0.3) is 0 Å².